The average molecular weight is 268 g/mol. The van der Waals surface area contributed by atoms with Gasteiger partial charge in [-0.1, -0.05) is 56.8 Å². The third-order valence-corrected chi connectivity index (χ3v) is 3.37. The summed E-state index contributed by atoms with van der Waals surface area (Å²) < 4.78 is 0. The molecule has 1 unspecified atom stereocenters. The number of benzene rings is 1. The summed E-state index contributed by atoms with van der Waals surface area (Å²) in [5, 5.41) is 0. The average Bonchev–Trinajstić information content (AvgIpc) is 2.77. The van der Waals surface area contributed by atoms with E-state index in [1.165, 1.54) is 29.5 Å². The van der Waals surface area contributed by atoms with Crippen molar-refractivity contribution in [3.63, 3.8) is 0 Å². The maximum Gasteiger partial charge on any atom is 0.00700 e. The number of rotatable bonds is 0. The Hall–Kier alpha value is -1.82. The van der Waals surface area contributed by atoms with E-state index in [-0.39, 0.29) is 7.43 Å². The summed E-state index contributed by atoms with van der Waals surface area (Å²) in [6, 6.07) is 8.81. The highest BCUT2D eigenvalue weighted by Gasteiger charge is 2.28. The summed E-state index contributed by atoms with van der Waals surface area (Å²) in [5.41, 5.74) is 6.02. The quantitative estimate of drug-likeness (QED) is 0.469. The van der Waals surface area contributed by atoms with Gasteiger partial charge in [0.2, 0.25) is 0 Å². The van der Waals surface area contributed by atoms with Gasteiger partial charge in [-0.05, 0) is 42.0 Å². The first-order valence-electron chi connectivity index (χ1n) is 6.86. The molecule has 2 aliphatic carbocycles. The van der Waals surface area contributed by atoms with Crippen LogP contribution in [-0.4, -0.2) is 0 Å². The molecular weight excluding hydrogens is 240 g/mol. The van der Waals surface area contributed by atoms with Crippen molar-refractivity contribution in [1.29, 1.82) is 0 Å². The predicted octanol–water partition coefficient (Wildman–Crippen LogP) is 6.54. The van der Waals surface area contributed by atoms with Crippen LogP contribution in [0.3, 0.4) is 0 Å². The summed E-state index contributed by atoms with van der Waals surface area (Å²) in [7, 11) is 0. The van der Waals surface area contributed by atoms with Crippen molar-refractivity contribution in [2.24, 2.45) is 0 Å². The molecule has 108 valence electrons. The Morgan fingerprint density at radius 3 is 2.30 bits per heavy atom. The normalized spacial score (nSPS) is 17.4. The third-order valence-electron chi connectivity index (χ3n) is 3.37. The van der Waals surface area contributed by atoms with E-state index in [1.807, 2.05) is 6.92 Å². The molecular formula is C20H28. The fourth-order valence-electron chi connectivity index (χ4n) is 2.66. The summed E-state index contributed by atoms with van der Waals surface area (Å²) in [6.45, 7) is 13.6. The van der Waals surface area contributed by atoms with E-state index >= 15 is 0 Å². The molecule has 0 bridgehead atoms. The highest BCUT2D eigenvalue weighted by Crippen LogP contribution is 2.46. The molecule has 0 fully saturated rings. The second-order valence-electron chi connectivity index (χ2n) is 4.57. The van der Waals surface area contributed by atoms with E-state index in [9.17, 15) is 0 Å². The maximum absolute atomic E-state index is 3.36. The molecule has 0 heteroatoms. The van der Waals surface area contributed by atoms with Crippen molar-refractivity contribution in [2.45, 2.75) is 40.0 Å². The fourth-order valence-corrected chi connectivity index (χ4v) is 2.66. The molecule has 20 heavy (non-hydrogen) atoms. The molecule has 1 aromatic rings. The Morgan fingerprint density at radius 2 is 1.65 bits per heavy atom. The summed E-state index contributed by atoms with van der Waals surface area (Å²) in [6.07, 6.45) is 8.99. The van der Waals surface area contributed by atoms with Crippen molar-refractivity contribution in [3.05, 3.63) is 78.9 Å². The molecule has 1 atom stereocenters. The lowest BCUT2D eigenvalue weighted by Crippen LogP contribution is -1.91. The second-order valence-corrected chi connectivity index (χ2v) is 4.57. The summed E-state index contributed by atoms with van der Waals surface area (Å²) in [5.74, 6) is 0.609. The number of allylic oxidation sites excluding steroid dienone is 5. The largest absolute Gasteiger partial charge is 0.106 e. The zero-order valence-electron chi connectivity index (χ0n) is 12.2. The van der Waals surface area contributed by atoms with Crippen molar-refractivity contribution < 1.29 is 0 Å². The topological polar surface area (TPSA) is 0 Å². The van der Waals surface area contributed by atoms with Crippen LogP contribution in [0.4, 0.5) is 0 Å². The highest BCUT2D eigenvalue weighted by molar-refractivity contribution is 5.88. The monoisotopic (exact) mass is 268 g/mol. The molecule has 0 aromatic heterocycles. The zero-order valence-corrected chi connectivity index (χ0v) is 12.2. The third kappa shape index (κ3) is 3.60. The van der Waals surface area contributed by atoms with Gasteiger partial charge in [-0.25, -0.2) is 0 Å². The fraction of sp³-hybridized carbons (Fsp3) is 0.300. The van der Waals surface area contributed by atoms with Crippen LogP contribution < -0.4 is 0 Å². The van der Waals surface area contributed by atoms with Crippen LogP contribution >= 0.6 is 0 Å². The van der Waals surface area contributed by atoms with Gasteiger partial charge in [-0.2, -0.15) is 0 Å². The van der Waals surface area contributed by atoms with E-state index in [0.717, 1.165) is 0 Å². The standard InChI is InChI=1S/C14H14.C3H6.C2H4.CH4/c1-10-11-6-2-4-8-13(11)14-9-5-3-7-12(10)14;1-3-2;1-2;/h2,4,6-10H,3,5H2,1H3;3H,1H2,2H3;1-2H2;1H4. The van der Waals surface area contributed by atoms with Crippen LogP contribution in [0.25, 0.3) is 5.57 Å². The second kappa shape index (κ2) is 9.14. The summed E-state index contributed by atoms with van der Waals surface area (Å²) in [4.78, 5) is 0. The molecule has 0 heterocycles. The van der Waals surface area contributed by atoms with Crippen molar-refractivity contribution in [2.75, 3.05) is 0 Å². The van der Waals surface area contributed by atoms with Crippen molar-refractivity contribution in [3.8, 4) is 0 Å². The molecule has 0 N–H and O–H groups in total. The van der Waals surface area contributed by atoms with Gasteiger partial charge in [0.05, 0.1) is 0 Å². The lowest BCUT2D eigenvalue weighted by Gasteiger charge is -2.11. The lowest BCUT2D eigenvalue weighted by atomic mass is 9.94. The Kier molecular flexibility index (Phi) is 8.31. The van der Waals surface area contributed by atoms with Gasteiger partial charge in [-0.15, -0.1) is 19.7 Å². The Balaban J connectivity index is 0.000000540. The van der Waals surface area contributed by atoms with E-state index in [1.54, 1.807) is 11.6 Å². The van der Waals surface area contributed by atoms with E-state index < -0.39 is 0 Å². The zero-order chi connectivity index (χ0) is 14.3. The molecule has 2 aliphatic rings. The molecule has 1 aromatic carbocycles. The van der Waals surface area contributed by atoms with Crippen LogP contribution in [0.1, 0.15) is 51.2 Å². The van der Waals surface area contributed by atoms with Crippen molar-refractivity contribution in [1.82, 2.24) is 0 Å². The van der Waals surface area contributed by atoms with Crippen LogP contribution in [0.15, 0.2) is 67.8 Å². The number of hydrogen-bond donors (Lipinski definition) is 0. The molecule has 0 saturated heterocycles. The minimum absolute atomic E-state index is 0. The van der Waals surface area contributed by atoms with Crippen LogP contribution in [0, 0.1) is 0 Å². The number of fused-ring (bicyclic) bond motifs is 3. The Morgan fingerprint density at radius 1 is 1.10 bits per heavy atom. The van der Waals surface area contributed by atoms with E-state index in [2.05, 4.69) is 63.1 Å². The molecule has 0 amide bonds. The Labute approximate surface area is 125 Å². The van der Waals surface area contributed by atoms with Gasteiger partial charge < -0.3 is 0 Å². The molecule has 0 spiro atoms. The van der Waals surface area contributed by atoms with Gasteiger partial charge in [0.1, 0.15) is 0 Å². The van der Waals surface area contributed by atoms with Crippen LogP contribution in [0.5, 0.6) is 0 Å². The molecule has 0 nitrogen and oxygen atoms in total. The minimum Gasteiger partial charge on any atom is -0.106 e. The van der Waals surface area contributed by atoms with Gasteiger partial charge in [0.25, 0.3) is 0 Å². The molecule has 0 aliphatic heterocycles. The smallest absolute Gasteiger partial charge is 0.00700 e. The minimum atomic E-state index is 0. The first-order chi connectivity index (χ1) is 9.29. The van der Waals surface area contributed by atoms with Gasteiger partial charge >= 0.3 is 0 Å². The van der Waals surface area contributed by atoms with Crippen molar-refractivity contribution >= 4 is 5.57 Å². The highest BCUT2D eigenvalue weighted by atomic mass is 14.3. The maximum atomic E-state index is 3.36. The molecule has 3 rings (SSSR count). The molecule has 0 saturated carbocycles. The van der Waals surface area contributed by atoms with E-state index in [4.69, 9.17) is 0 Å². The first kappa shape index (κ1) is 18.2. The number of hydrogen-bond acceptors (Lipinski definition) is 0. The van der Waals surface area contributed by atoms with Crippen LogP contribution in [0.2, 0.25) is 0 Å². The SMILES string of the molecule is C.C=C.C=CC.CC1C2=CCCC=C2c2ccccc21. The van der Waals surface area contributed by atoms with Gasteiger partial charge in [0.15, 0.2) is 0 Å². The Bertz CT molecular complexity index is 489. The van der Waals surface area contributed by atoms with E-state index in [0.29, 0.717) is 5.92 Å². The summed E-state index contributed by atoms with van der Waals surface area (Å²) >= 11 is 0. The lowest BCUT2D eigenvalue weighted by molar-refractivity contribution is 0.922. The van der Waals surface area contributed by atoms with Crippen LogP contribution in [-0.2, 0) is 0 Å². The van der Waals surface area contributed by atoms with Gasteiger partial charge in [0, 0.05) is 5.92 Å². The molecule has 0 radical (unpaired) electrons. The van der Waals surface area contributed by atoms with Gasteiger partial charge in [-0.3, -0.25) is 0 Å². The predicted molar refractivity (Wildman–Crippen MR) is 94.0 cm³/mol. The first-order valence-corrected chi connectivity index (χ1v) is 6.86.